The molecule has 1 aromatic heterocycles. The van der Waals surface area contributed by atoms with Crippen molar-refractivity contribution in [3.05, 3.63) is 59.4 Å². The SMILES string of the molecule is CCN(CC)c1ccc(C(=O)NNC(=O)CSc2cccc[n+]2[O-])cc1. The molecule has 0 saturated heterocycles. The van der Waals surface area contributed by atoms with Gasteiger partial charge in [-0.15, -0.1) is 0 Å². The summed E-state index contributed by atoms with van der Waals surface area (Å²) in [6.45, 7) is 5.92. The first-order valence-corrected chi connectivity index (χ1v) is 9.28. The average Bonchev–Trinajstić information content (AvgIpc) is 2.67. The van der Waals surface area contributed by atoms with E-state index in [1.54, 1.807) is 30.3 Å². The van der Waals surface area contributed by atoms with E-state index in [1.165, 1.54) is 6.20 Å². The number of rotatable bonds is 7. The van der Waals surface area contributed by atoms with Gasteiger partial charge in [-0.05, 0) is 55.9 Å². The Morgan fingerprint density at radius 3 is 2.38 bits per heavy atom. The molecule has 1 aromatic carbocycles. The van der Waals surface area contributed by atoms with Crippen molar-refractivity contribution in [3.8, 4) is 0 Å². The summed E-state index contributed by atoms with van der Waals surface area (Å²) in [5.41, 5.74) is 6.22. The van der Waals surface area contributed by atoms with Crippen LogP contribution in [-0.2, 0) is 4.79 Å². The Morgan fingerprint density at radius 1 is 1.08 bits per heavy atom. The number of benzene rings is 1. The fourth-order valence-electron chi connectivity index (χ4n) is 2.31. The Balaban J connectivity index is 1.82. The van der Waals surface area contributed by atoms with Gasteiger partial charge in [0.1, 0.15) is 0 Å². The van der Waals surface area contributed by atoms with E-state index >= 15 is 0 Å². The fourth-order valence-corrected chi connectivity index (χ4v) is 3.03. The van der Waals surface area contributed by atoms with Crippen LogP contribution in [0.1, 0.15) is 24.2 Å². The maximum absolute atomic E-state index is 12.1. The molecule has 8 heteroatoms. The third kappa shape index (κ3) is 5.38. The van der Waals surface area contributed by atoms with Crippen LogP contribution in [0.2, 0.25) is 0 Å². The van der Waals surface area contributed by atoms with Crippen molar-refractivity contribution >= 4 is 29.3 Å². The first-order chi connectivity index (χ1) is 12.5. The van der Waals surface area contributed by atoms with Gasteiger partial charge in [-0.1, -0.05) is 0 Å². The molecule has 0 spiro atoms. The molecular formula is C18H22N4O3S. The minimum atomic E-state index is -0.396. The lowest BCUT2D eigenvalue weighted by molar-refractivity contribution is -0.645. The van der Waals surface area contributed by atoms with Crippen LogP contribution in [0, 0.1) is 5.21 Å². The predicted molar refractivity (Wildman–Crippen MR) is 102 cm³/mol. The molecule has 138 valence electrons. The summed E-state index contributed by atoms with van der Waals surface area (Å²) < 4.78 is 0.688. The molecule has 2 aromatic rings. The lowest BCUT2D eigenvalue weighted by atomic mass is 10.2. The van der Waals surface area contributed by atoms with Crippen molar-refractivity contribution in [1.29, 1.82) is 0 Å². The van der Waals surface area contributed by atoms with Gasteiger partial charge in [0.25, 0.3) is 10.9 Å². The van der Waals surface area contributed by atoms with Crippen LogP contribution in [0.25, 0.3) is 0 Å². The van der Waals surface area contributed by atoms with Crippen LogP contribution in [0.5, 0.6) is 0 Å². The number of aromatic nitrogens is 1. The highest BCUT2D eigenvalue weighted by atomic mass is 32.2. The molecule has 0 bridgehead atoms. The number of amides is 2. The summed E-state index contributed by atoms with van der Waals surface area (Å²) in [6.07, 6.45) is 1.36. The molecule has 26 heavy (non-hydrogen) atoms. The second-order valence-corrected chi connectivity index (χ2v) is 6.37. The van der Waals surface area contributed by atoms with Crippen molar-refractivity contribution in [2.24, 2.45) is 0 Å². The number of anilines is 1. The van der Waals surface area contributed by atoms with Gasteiger partial charge < -0.3 is 10.1 Å². The number of pyridine rings is 1. The molecule has 1 heterocycles. The van der Waals surface area contributed by atoms with E-state index in [0.717, 1.165) is 30.5 Å². The summed E-state index contributed by atoms with van der Waals surface area (Å²) in [7, 11) is 0. The molecule has 2 amide bonds. The van der Waals surface area contributed by atoms with E-state index in [0.29, 0.717) is 15.3 Å². The van der Waals surface area contributed by atoms with Gasteiger partial charge in [-0.2, -0.15) is 4.73 Å². The minimum absolute atomic E-state index is 0.0213. The van der Waals surface area contributed by atoms with Crippen molar-refractivity contribution in [2.45, 2.75) is 18.9 Å². The summed E-state index contributed by atoms with van der Waals surface area (Å²) in [6, 6.07) is 12.1. The third-order valence-corrected chi connectivity index (χ3v) is 4.73. The van der Waals surface area contributed by atoms with Gasteiger partial charge in [0.2, 0.25) is 5.91 Å². The highest BCUT2D eigenvalue weighted by Crippen LogP contribution is 2.15. The molecule has 2 rings (SSSR count). The monoisotopic (exact) mass is 374 g/mol. The zero-order valence-corrected chi connectivity index (χ0v) is 15.6. The van der Waals surface area contributed by atoms with E-state index in [2.05, 4.69) is 29.6 Å². The largest absolute Gasteiger partial charge is 0.618 e. The standard InChI is InChI=1S/C18H22N4O3S/c1-3-21(4-2)15-10-8-14(9-11-15)18(24)20-19-16(23)13-26-17-7-5-6-12-22(17)25/h5-12H,3-4,13H2,1-2H3,(H,19,23)(H,20,24). The molecule has 0 aliphatic carbocycles. The van der Waals surface area contributed by atoms with Crippen LogP contribution in [-0.4, -0.2) is 30.7 Å². The van der Waals surface area contributed by atoms with Crippen molar-refractivity contribution in [2.75, 3.05) is 23.7 Å². The number of hydrogen-bond donors (Lipinski definition) is 2. The van der Waals surface area contributed by atoms with E-state index in [4.69, 9.17) is 0 Å². The van der Waals surface area contributed by atoms with Gasteiger partial charge >= 0.3 is 0 Å². The second-order valence-electron chi connectivity index (χ2n) is 5.37. The predicted octanol–water partition coefficient (Wildman–Crippen LogP) is 1.72. The second kappa shape index (κ2) is 9.67. The van der Waals surface area contributed by atoms with E-state index in [9.17, 15) is 14.8 Å². The molecule has 0 atom stereocenters. The lowest BCUT2D eigenvalue weighted by Gasteiger charge is -2.21. The topological polar surface area (TPSA) is 88.4 Å². The van der Waals surface area contributed by atoms with E-state index in [1.807, 2.05) is 12.1 Å². The molecule has 7 nitrogen and oxygen atoms in total. The molecule has 0 aliphatic rings. The number of carbonyl (C=O) groups excluding carboxylic acids is 2. The summed E-state index contributed by atoms with van der Waals surface area (Å²) in [4.78, 5) is 26.1. The van der Waals surface area contributed by atoms with Gasteiger partial charge in [-0.3, -0.25) is 20.4 Å². The Bertz CT molecular complexity index is 748. The number of thioether (sulfide) groups is 1. The maximum atomic E-state index is 12.1. The van der Waals surface area contributed by atoms with Crippen molar-refractivity contribution in [3.63, 3.8) is 0 Å². The van der Waals surface area contributed by atoms with Gasteiger partial charge in [-0.25, -0.2) is 0 Å². The molecule has 0 unspecified atom stereocenters. The van der Waals surface area contributed by atoms with Crippen molar-refractivity contribution < 1.29 is 14.3 Å². The Kier molecular flexibility index (Phi) is 7.28. The summed E-state index contributed by atoms with van der Waals surface area (Å²) in [5, 5.41) is 11.9. The zero-order valence-electron chi connectivity index (χ0n) is 14.8. The van der Waals surface area contributed by atoms with Crippen LogP contribution in [0.4, 0.5) is 5.69 Å². The molecule has 2 N–H and O–H groups in total. The number of nitrogens with zero attached hydrogens (tertiary/aromatic N) is 2. The number of hydrogen-bond acceptors (Lipinski definition) is 5. The third-order valence-electron chi connectivity index (χ3n) is 3.71. The number of hydrazine groups is 1. The van der Waals surface area contributed by atoms with Gasteiger partial charge in [0.05, 0.1) is 5.75 Å². The first kappa shape index (κ1) is 19.6. The minimum Gasteiger partial charge on any atom is -0.618 e. The molecule has 0 aliphatic heterocycles. The molecule has 0 saturated carbocycles. The fraction of sp³-hybridized carbons (Fsp3) is 0.278. The van der Waals surface area contributed by atoms with Crippen LogP contribution < -0.4 is 20.5 Å². The average molecular weight is 374 g/mol. The zero-order chi connectivity index (χ0) is 18.9. The molecular weight excluding hydrogens is 352 g/mol. The van der Waals surface area contributed by atoms with E-state index in [-0.39, 0.29) is 5.75 Å². The Labute approximate surface area is 156 Å². The highest BCUT2D eigenvalue weighted by Gasteiger charge is 2.11. The quantitative estimate of drug-likeness (QED) is 0.333. The van der Waals surface area contributed by atoms with Crippen LogP contribution in [0.15, 0.2) is 53.7 Å². The van der Waals surface area contributed by atoms with Gasteiger partial charge in [0, 0.05) is 36.5 Å². The van der Waals surface area contributed by atoms with Crippen molar-refractivity contribution in [1.82, 2.24) is 10.9 Å². The molecule has 0 radical (unpaired) electrons. The Hall–Kier alpha value is -2.74. The smallest absolute Gasteiger partial charge is 0.269 e. The number of carbonyl (C=O) groups is 2. The normalized spacial score (nSPS) is 10.2. The number of nitrogens with one attached hydrogen (secondary N) is 2. The molecule has 0 fully saturated rings. The van der Waals surface area contributed by atoms with Crippen LogP contribution in [0.3, 0.4) is 0 Å². The van der Waals surface area contributed by atoms with E-state index < -0.39 is 11.8 Å². The first-order valence-electron chi connectivity index (χ1n) is 8.30. The lowest BCUT2D eigenvalue weighted by Crippen LogP contribution is -2.42. The maximum Gasteiger partial charge on any atom is 0.269 e. The highest BCUT2D eigenvalue weighted by molar-refractivity contribution is 7.99. The summed E-state index contributed by atoms with van der Waals surface area (Å²) >= 11 is 1.09. The van der Waals surface area contributed by atoms with Gasteiger partial charge in [0.15, 0.2) is 6.20 Å². The summed E-state index contributed by atoms with van der Waals surface area (Å²) in [5.74, 6) is -0.770. The Morgan fingerprint density at radius 2 is 1.77 bits per heavy atom. The van der Waals surface area contributed by atoms with Crippen LogP contribution >= 0.6 is 11.8 Å².